The Morgan fingerprint density at radius 3 is 1.26 bits per heavy atom. The van der Waals surface area contributed by atoms with Crippen LogP contribution in [0.5, 0.6) is 0 Å². The van der Waals surface area contributed by atoms with Crippen molar-refractivity contribution in [1.29, 1.82) is 0 Å². The van der Waals surface area contributed by atoms with E-state index < -0.39 is 28.0 Å². The molecule has 7 heteroatoms. The summed E-state index contributed by atoms with van der Waals surface area (Å²) in [5.74, 6) is -0.994. The van der Waals surface area contributed by atoms with E-state index in [1.165, 1.54) is 141 Å². The van der Waals surface area contributed by atoms with Crippen LogP contribution in [0.2, 0.25) is 0 Å². The molecule has 316 valence electrons. The van der Waals surface area contributed by atoms with Crippen LogP contribution in [0.15, 0.2) is 48.6 Å². The summed E-state index contributed by atoms with van der Waals surface area (Å²) in [6.45, 7) is 4.51. The molecule has 6 nitrogen and oxygen atoms in total. The quantitative estimate of drug-likeness (QED) is 0.0326. The van der Waals surface area contributed by atoms with E-state index in [0.717, 1.165) is 64.2 Å². The number of allylic oxidation sites excluding steroid dienone is 7. The minimum atomic E-state index is -4.35. The van der Waals surface area contributed by atoms with Crippen LogP contribution in [-0.2, 0) is 14.9 Å². The number of aliphatic hydroxyl groups excluding tert-OH is 1. The third kappa shape index (κ3) is 41.5. The average molecular weight is 778 g/mol. The van der Waals surface area contributed by atoms with Crippen LogP contribution in [0.3, 0.4) is 0 Å². The van der Waals surface area contributed by atoms with Crippen molar-refractivity contribution < 1.29 is 22.9 Å². The molecule has 0 saturated heterocycles. The van der Waals surface area contributed by atoms with E-state index in [0.29, 0.717) is 0 Å². The van der Waals surface area contributed by atoms with Crippen LogP contribution in [0.1, 0.15) is 226 Å². The van der Waals surface area contributed by atoms with Gasteiger partial charge in [0.2, 0.25) is 5.91 Å². The highest BCUT2D eigenvalue weighted by Gasteiger charge is 2.24. The Morgan fingerprint density at radius 2 is 0.833 bits per heavy atom. The number of amides is 1. The molecule has 0 aliphatic rings. The maximum atomic E-state index is 12.5. The fraction of sp³-hybridized carbons (Fsp3) is 0.809. The minimum absolute atomic E-state index is 0.280. The number of rotatable bonds is 41. The van der Waals surface area contributed by atoms with Gasteiger partial charge in [0, 0.05) is 6.42 Å². The second-order valence-electron chi connectivity index (χ2n) is 15.7. The summed E-state index contributed by atoms with van der Waals surface area (Å²) >= 11 is 0. The lowest BCUT2D eigenvalue weighted by molar-refractivity contribution is -0.122. The second kappa shape index (κ2) is 40.9. The van der Waals surface area contributed by atoms with Gasteiger partial charge in [0.1, 0.15) is 0 Å². The number of unbranched alkanes of at least 4 members (excludes halogenated alkanes) is 27. The van der Waals surface area contributed by atoms with Crippen LogP contribution < -0.4 is 5.32 Å². The van der Waals surface area contributed by atoms with Gasteiger partial charge >= 0.3 is 0 Å². The number of hydrogen-bond donors (Lipinski definition) is 3. The first-order chi connectivity index (χ1) is 26.3. The van der Waals surface area contributed by atoms with Crippen molar-refractivity contribution in [3.05, 3.63) is 48.6 Å². The summed E-state index contributed by atoms with van der Waals surface area (Å²) < 4.78 is 32.6. The van der Waals surface area contributed by atoms with Crippen molar-refractivity contribution in [2.75, 3.05) is 5.75 Å². The first-order valence-corrected chi connectivity index (χ1v) is 24.4. The summed E-state index contributed by atoms with van der Waals surface area (Å²) in [7, 11) is -4.35. The molecule has 2 unspecified atom stereocenters. The van der Waals surface area contributed by atoms with E-state index in [2.05, 4.69) is 55.6 Å². The number of hydrogen-bond acceptors (Lipinski definition) is 4. The molecule has 0 heterocycles. The smallest absolute Gasteiger partial charge is 0.267 e. The molecular formula is C47H87NO5S. The van der Waals surface area contributed by atoms with E-state index >= 15 is 0 Å². The molecule has 0 spiro atoms. The first-order valence-electron chi connectivity index (χ1n) is 22.8. The van der Waals surface area contributed by atoms with Crippen molar-refractivity contribution in [2.45, 2.75) is 238 Å². The van der Waals surface area contributed by atoms with E-state index in [9.17, 15) is 22.9 Å². The summed E-state index contributed by atoms with van der Waals surface area (Å²) in [5, 5.41) is 13.3. The van der Waals surface area contributed by atoms with Crippen LogP contribution in [0.25, 0.3) is 0 Å². The predicted molar refractivity (Wildman–Crippen MR) is 235 cm³/mol. The van der Waals surface area contributed by atoms with Crippen LogP contribution >= 0.6 is 0 Å². The zero-order valence-electron chi connectivity index (χ0n) is 35.3. The van der Waals surface area contributed by atoms with Gasteiger partial charge in [-0.25, -0.2) is 0 Å². The monoisotopic (exact) mass is 778 g/mol. The van der Waals surface area contributed by atoms with Crippen molar-refractivity contribution in [3.8, 4) is 0 Å². The summed E-state index contributed by atoms with van der Waals surface area (Å²) in [5.41, 5.74) is 0. The van der Waals surface area contributed by atoms with E-state index in [-0.39, 0.29) is 12.3 Å². The highest BCUT2D eigenvalue weighted by molar-refractivity contribution is 7.85. The first kappa shape index (κ1) is 52.3. The Bertz CT molecular complexity index is 1030. The van der Waals surface area contributed by atoms with Crippen molar-refractivity contribution in [2.24, 2.45) is 0 Å². The largest absolute Gasteiger partial charge is 0.387 e. The molecule has 54 heavy (non-hydrogen) atoms. The summed E-state index contributed by atoms with van der Waals surface area (Å²) in [4.78, 5) is 12.5. The van der Waals surface area contributed by atoms with Gasteiger partial charge in [-0.2, -0.15) is 8.42 Å². The third-order valence-corrected chi connectivity index (χ3v) is 11.0. The minimum Gasteiger partial charge on any atom is -0.387 e. The molecule has 0 aromatic rings. The molecule has 0 aliphatic heterocycles. The summed E-state index contributed by atoms with van der Waals surface area (Å²) in [6.07, 6.45) is 55.3. The molecule has 0 rings (SSSR count). The molecule has 0 bridgehead atoms. The van der Waals surface area contributed by atoms with Crippen molar-refractivity contribution in [1.82, 2.24) is 5.32 Å². The lowest BCUT2D eigenvalue weighted by Crippen LogP contribution is -2.46. The zero-order valence-corrected chi connectivity index (χ0v) is 36.2. The molecule has 0 radical (unpaired) electrons. The lowest BCUT2D eigenvalue weighted by Gasteiger charge is -2.21. The average Bonchev–Trinajstić information content (AvgIpc) is 3.14. The number of aliphatic hydroxyl groups is 1. The number of carbonyl (C=O) groups excluding carboxylic acids is 1. The Labute approximate surface area is 335 Å². The van der Waals surface area contributed by atoms with Crippen LogP contribution in [0.4, 0.5) is 0 Å². The molecule has 0 fully saturated rings. The van der Waals surface area contributed by atoms with E-state index in [1.54, 1.807) is 6.08 Å². The fourth-order valence-electron chi connectivity index (χ4n) is 6.81. The highest BCUT2D eigenvalue weighted by Crippen LogP contribution is 2.15. The number of carbonyl (C=O) groups is 1. The maximum absolute atomic E-state index is 12.5. The Balaban J connectivity index is 3.90. The molecule has 0 saturated carbocycles. The Hall–Kier alpha value is -1.70. The fourth-order valence-corrected chi connectivity index (χ4v) is 7.54. The van der Waals surface area contributed by atoms with Gasteiger partial charge in [-0.15, -0.1) is 0 Å². The maximum Gasteiger partial charge on any atom is 0.267 e. The molecule has 3 N–H and O–H groups in total. The summed E-state index contributed by atoms with van der Waals surface area (Å²) in [6, 6.07) is -1.07. The topological polar surface area (TPSA) is 104 Å². The second-order valence-corrected chi connectivity index (χ2v) is 17.2. The van der Waals surface area contributed by atoms with E-state index in [1.807, 2.05) is 6.08 Å². The Kier molecular flexibility index (Phi) is 39.7. The van der Waals surface area contributed by atoms with Gasteiger partial charge < -0.3 is 10.4 Å². The zero-order chi connectivity index (χ0) is 39.6. The van der Waals surface area contributed by atoms with Crippen LogP contribution in [0, 0.1) is 0 Å². The molecule has 0 aliphatic carbocycles. The molecule has 0 aromatic heterocycles. The SMILES string of the molecule is CCCCC/C=C\C/C=C\C/C=C\CCCCCCCCC(=O)NC(CS(=O)(=O)O)C(O)/C=C/CCCCCCCCCCCCCCCCCCCC. The van der Waals surface area contributed by atoms with Gasteiger partial charge in [0.05, 0.1) is 17.9 Å². The molecule has 2 atom stereocenters. The van der Waals surface area contributed by atoms with Gasteiger partial charge in [-0.05, 0) is 57.8 Å². The Morgan fingerprint density at radius 1 is 0.500 bits per heavy atom. The van der Waals surface area contributed by atoms with Gasteiger partial charge in [0.25, 0.3) is 10.1 Å². The van der Waals surface area contributed by atoms with Crippen molar-refractivity contribution in [3.63, 3.8) is 0 Å². The van der Waals surface area contributed by atoms with E-state index in [4.69, 9.17) is 0 Å². The van der Waals surface area contributed by atoms with Crippen LogP contribution in [-0.4, -0.2) is 41.9 Å². The highest BCUT2D eigenvalue weighted by atomic mass is 32.2. The number of nitrogens with one attached hydrogen (secondary N) is 1. The van der Waals surface area contributed by atoms with Gasteiger partial charge in [-0.1, -0.05) is 210 Å². The normalized spacial score (nSPS) is 13.6. The lowest BCUT2D eigenvalue weighted by atomic mass is 10.0. The van der Waals surface area contributed by atoms with Gasteiger partial charge in [0.15, 0.2) is 0 Å². The third-order valence-electron chi connectivity index (χ3n) is 10.2. The molecule has 0 aromatic carbocycles. The predicted octanol–water partition coefficient (Wildman–Crippen LogP) is 13.9. The molecular weight excluding hydrogens is 691 g/mol. The van der Waals surface area contributed by atoms with Crippen molar-refractivity contribution >= 4 is 16.0 Å². The standard InChI is InChI=1S/C47H87NO5S/c1-3-5-7-9-11-13-15-17-19-21-23-25-26-28-30-32-34-36-38-40-42-46(49)45(44-54(51,52)53)48-47(50)43-41-39-37-35-33-31-29-27-24-22-20-18-16-14-12-10-8-6-4-2/h12,14,18,20,24,27,40,42,45-46,49H,3-11,13,15-17,19,21-23,25-26,28-39,41,43-44H2,1-2H3,(H,48,50)(H,51,52,53)/b14-12-,20-18-,27-24-,42-40+. The molecule has 1 amide bonds. The van der Waals surface area contributed by atoms with Gasteiger partial charge in [-0.3, -0.25) is 9.35 Å².